The fourth-order valence-corrected chi connectivity index (χ4v) is 4.81. The minimum absolute atomic E-state index is 0.0830. The van der Waals surface area contributed by atoms with E-state index in [2.05, 4.69) is 5.32 Å². The number of methoxy groups -OCH3 is 1. The van der Waals surface area contributed by atoms with Crippen LogP contribution in [0.4, 0.5) is 5.82 Å². The monoisotopic (exact) mass is 452 g/mol. The Kier molecular flexibility index (Phi) is 6.09. The Labute approximate surface area is 190 Å². The number of aryl methyl sites for hydroxylation is 2. The third-order valence-electron chi connectivity index (χ3n) is 5.15. The number of carbonyl (C=O) groups excluding carboxylic acids is 2. The number of primary amides is 1. The smallest absolute Gasteiger partial charge is 0.255 e. The fourth-order valence-electron chi connectivity index (χ4n) is 3.64. The molecule has 4 rings (SSSR count). The number of nitrogens with one attached hydrogen (secondary N) is 1. The molecule has 8 nitrogen and oxygen atoms in total. The van der Waals surface area contributed by atoms with Gasteiger partial charge in [-0.25, -0.2) is 4.68 Å². The summed E-state index contributed by atoms with van der Waals surface area (Å²) in [6.07, 6.45) is 0. The second kappa shape index (κ2) is 8.96. The van der Waals surface area contributed by atoms with E-state index in [1.54, 1.807) is 10.7 Å². The van der Waals surface area contributed by atoms with Crippen molar-refractivity contribution in [2.24, 2.45) is 5.73 Å². The van der Waals surface area contributed by atoms with E-state index in [0.717, 1.165) is 28.1 Å². The molecule has 0 spiro atoms. The minimum Gasteiger partial charge on any atom is -0.493 e. The van der Waals surface area contributed by atoms with Gasteiger partial charge in [-0.2, -0.15) is 5.10 Å². The molecule has 2 heterocycles. The Bertz CT molecular complexity index is 1170. The third-order valence-corrected chi connectivity index (χ3v) is 6.42. The predicted octanol–water partition coefficient (Wildman–Crippen LogP) is 3.14. The van der Waals surface area contributed by atoms with Crippen LogP contribution in [0.5, 0.6) is 11.5 Å². The number of amides is 2. The van der Waals surface area contributed by atoms with E-state index in [9.17, 15) is 9.59 Å². The van der Waals surface area contributed by atoms with Gasteiger partial charge < -0.3 is 20.5 Å². The highest BCUT2D eigenvalue weighted by Crippen LogP contribution is 2.45. The van der Waals surface area contributed by atoms with Crippen LogP contribution in [0, 0.1) is 13.8 Å². The average molecular weight is 453 g/mol. The van der Waals surface area contributed by atoms with Crippen molar-refractivity contribution >= 4 is 29.4 Å². The van der Waals surface area contributed by atoms with E-state index in [-0.39, 0.29) is 17.8 Å². The molecule has 1 aliphatic rings. The first kappa shape index (κ1) is 21.8. The van der Waals surface area contributed by atoms with Crippen molar-refractivity contribution in [2.75, 3.05) is 24.8 Å². The lowest BCUT2D eigenvalue weighted by Gasteiger charge is -2.18. The molecule has 2 amide bonds. The highest BCUT2D eigenvalue weighted by atomic mass is 32.2. The molecule has 166 valence electrons. The zero-order chi connectivity index (χ0) is 22.8. The Morgan fingerprint density at radius 1 is 1.22 bits per heavy atom. The van der Waals surface area contributed by atoms with Crippen LogP contribution in [0.2, 0.25) is 0 Å². The largest absolute Gasteiger partial charge is 0.493 e. The van der Waals surface area contributed by atoms with Crippen molar-refractivity contribution in [1.82, 2.24) is 9.78 Å². The first-order chi connectivity index (χ1) is 15.4. The van der Waals surface area contributed by atoms with Crippen molar-refractivity contribution < 1.29 is 19.1 Å². The summed E-state index contributed by atoms with van der Waals surface area (Å²) in [5.74, 6) is 1.23. The van der Waals surface area contributed by atoms with E-state index < -0.39 is 5.91 Å². The van der Waals surface area contributed by atoms with Gasteiger partial charge in [0.05, 0.1) is 29.5 Å². The van der Waals surface area contributed by atoms with Gasteiger partial charge in [0, 0.05) is 5.56 Å². The maximum absolute atomic E-state index is 12.5. The van der Waals surface area contributed by atoms with E-state index in [1.165, 1.54) is 18.9 Å². The molecule has 2 aromatic carbocycles. The molecule has 32 heavy (non-hydrogen) atoms. The van der Waals surface area contributed by atoms with Crippen LogP contribution in [-0.4, -0.2) is 41.1 Å². The highest BCUT2D eigenvalue weighted by molar-refractivity contribution is 8.00. The summed E-state index contributed by atoms with van der Waals surface area (Å²) in [7, 11) is 1.54. The molecule has 0 aliphatic carbocycles. The van der Waals surface area contributed by atoms with Gasteiger partial charge in [-0.3, -0.25) is 9.59 Å². The van der Waals surface area contributed by atoms with Gasteiger partial charge in [-0.05, 0) is 43.7 Å². The molecule has 0 radical (unpaired) electrons. The number of fused-ring (bicyclic) bond motifs is 1. The number of carbonyl (C=O) groups is 2. The van der Waals surface area contributed by atoms with Crippen molar-refractivity contribution in [1.29, 1.82) is 0 Å². The van der Waals surface area contributed by atoms with Crippen LogP contribution in [0.1, 0.15) is 27.6 Å². The number of aromatic nitrogens is 2. The van der Waals surface area contributed by atoms with E-state index >= 15 is 0 Å². The number of nitrogens with zero attached hydrogens (tertiary/aromatic N) is 2. The standard InChI is InChI=1S/C23H24N4O4S/c1-13-4-7-16(8-5-13)27-23-21(14(2)26-27)22(32-12-20(29)25-23)15-6-9-17(18(10-15)30-3)31-11-19(24)28/h4-10,22H,11-12H2,1-3H3,(H2,24,28)(H,25,29)/t22-/m1/s1. The van der Waals surface area contributed by atoms with Gasteiger partial charge in [-0.1, -0.05) is 23.8 Å². The van der Waals surface area contributed by atoms with Crippen LogP contribution < -0.4 is 20.5 Å². The lowest BCUT2D eigenvalue weighted by molar-refractivity contribution is -0.120. The van der Waals surface area contributed by atoms with E-state index in [1.807, 2.05) is 50.2 Å². The van der Waals surface area contributed by atoms with Crippen LogP contribution in [0.15, 0.2) is 42.5 Å². The van der Waals surface area contributed by atoms with Crippen molar-refractivity contribution in [2.45, 2.75) is 19.1 Å². The Hall–Kier alpha value is -3.46. The fraction of sp³-hybridized carbons (Fsp3) is 0.261. The number of thioether (sulfide) groups is 1. The quantitative estimate of drug-likeness (QED) is 0.595. The van der Waals surface area contributed by atoms with Crippen LogP contribution >= 0.6 is 11.8 Å². The molecule has 1 aromatic heterocycles. The van der Waals surface area contributed by atoms with Gasteiger partial charge in [-0.15, -0.1) is 11.8 Å². The summed E-state index contributed by atoms with van der Waals surface area (Å²) in [5.41, 5.74) is 9.90. The summed E-state index contributed by atoms with van der Waals surface area (Å²) in [4.78, 5) is 23.6. The normalized spacial score (nSPS) is 15.5. The number of hydrogen-bond acceptors (Lipinski definition) is 6. The molecule has 0 bridgehead atoms. The number of nitrogens with two attached hydrogens (primary N) is 1. The van der Waals surface area contributed by atoms with Gasteiger partial charge >= 0.3 is 0 Å². The lowest BCUT2D eigenvalue weighted by atomic mass is 10.0. The second-order valence-corrected chi connectivity index (χ2v) is 8.59. The molecule has 3 N–H and O–H groups in total. The maximum Gasteiger partial charge on any atom is 0.255 e. The Morgan fingerprint density at radius 3 is 2.66 bits per heavy atom. The summed E-state index contributed by atoms with van der Waals surface area (Å²) in [6, 6.07) is 13.5. The van der Waals surface area contributed by atoms with Gasteiger partial charge in [0.1, 0.15) is 5.82 Å². The third kappa shape index (κ3) is 4.29. The maximum atomic E-state index is 12.5. The second-order valence-electron chi connectivity index (χ2n) is 7.50. The first-order valence-corrected chi connectivity index (χ1v) is 11.1. The molecule has 0 unspecified atom stereocenters. The Balaban J connectivity index is 1.78. The number of rotatable bonds is 6. The van der Waals surface area contributed by atoms with Crippen molar-refractivity contribution in [3.05, 3.63) is 64.8 Å². The molecular formula is C23H24N4O4S. The number of benzene rings is 2. The summed E-state index contributed by atoms with van der Waals surface area (Å²) in [6.45, 7) is 3.73. The molecule has 0 fully saturated rings. The summed E-state index contributed by atoms with van der Waals surface area (Å²) >= 11 is 1.52. The summed E-state index contributed by atoms with van der Waals surface area (Å²) in [5, 5.41) is 7.61. The topological polar surface area (TPSA) is 108 Å². The van der Waals surface area contributed by atoms with Crippen molar-refractivity contribution in [3.63, 3.8) is 0 Å². The van der Waals surface area contributed by atoms with E-state index in [4.69, 9.17) is 20.3 Å². The van der Waals surface area contributed by atoms with Crippen LogP contribution in [-0.2, 0) is 9.59 Å². The lowest BCUT2D eigenvalue weighted by Crippen LogP contribution is -2.20. The summed E-state index contributed by atoms with van der Waals surface area (Å²) < 4.78 is 12.7. The molecule has 9 heteroatoms. The average Bonchev–Trinajstić information content (AvgIpc) is 2.97. The van der Waals surface area contributed by atoms with Gasteiger partial charge in [0.15, 0.2) is 18.1 Å². The number of ether oxygens (including phenoxy) is 2. The molecule has 3 aromatic rings. The van der Waals surface area contributed by atoms with E-state index in [0.29, 0.717) is 23.1 Å². The SMILES string of the molecule is COc1cc([C@H]2SCC(=O)Nc3c2c(C)nn3-c2ccc(C)cc2)ccc1OCC(N)=O. The van der Waals surface area contributed by atoms with Crippen LogP contribution in [0.3, 0.4) is 0 Å². The molecule has 1 aliphatic heterocycles. The number of anilines is 1. The van der Waals surface area contributed by atoms with Gasteiger partial charge in [0.25, 0.3) is 5.91 Å². The Morgan fingerprint density at radius 2 is 1.97 bits per heavy atom. The highest BCUT2D eigenvalue weighted by Gasteiger charge is 2.31. The number of hydrogen-bond donors (Lipinski definition) is 2. The molecular weight excluding hydrogens is 428 g/mol. The van der Waals surface area contributed by atoms with Crippen molar-refractivity contribution in [3.8, 4) is 17.2 Å². The molecule has 0 saturated carbocycles. The van der Waals surface area contributed by atoms with Gasteiger partial charge in [0.2, 0.25) is 5.91 Å². The van der Waals surface area contributed by atoms with Crippen LogP contribution in [0.25, 0.3) is 5.69 Å². The predicted molar refractivity (Wildman–Crippen MR) is 124 cm³/mol. The first-order valence-electron chi connectivity index (χ1n) is 10.0. The zero-order valence-electron chi connectivity index (χ0n) is 18.0. The molecule has 0 saturated heterocycles. The zero-order valence-corrected chi connectivity index (χ0v) is 18.9. The molecule has 1 atom stereocenters. The minimum atomic E-state index is -0.566.